The van der Waals surface area contributed by atoms with Gasteiger partial charge in [0, 0.05) is 0 Å². The fourth-order valence-electron chi connectivity index (χ4n) is 2.83. The van der Waals surface area contributed by atoms with E-state index in [-0.39, 0.29) is 32.5 Å². The van der Waals surface area contributed by atoms with Crippen molar-refractivity contribution in [1.29, 1.82) is 0 Å². The number of rotatable bonds is 4. The molecule has 4 rings (SSSR count). The summed E-state index contributed by atoms with van der Waals surface area (Å²) >= 11 is 2.09. The van der Waals surface area contributed by atoms with E-state index < -0.39 is 23.4 Å². The molecule has 2 amide bonds. The molecule has 2 aromatic heterocycles. The minimum Gasteiger partial charge on any atom is -0.397 e. The van der Waals surface area contributed by atoms with Crippen molar-refractivity contribution in [3.63, 3.8) is 0 Å². The Morgan fingerprint density at radius 1 is 0.733 bits per heavy atom. The van der Waals surface area contributed by atoms with Gasteiger partial charge in [0.2, 0.25) is 0 Å². The number of carbonyl (C=O) groups excluding carboxylic acids is 2. The average molecular weight is 444 g/mol. The van der Waals surface area contributed by atoms with E-state index in [9.17, 15) is 18.4 Å². The Hall–Kier alpha value is -3.50. The van der Waals surface area contributed by atoms with Crippen LogP contribution >= 0.6 is 22.7 Å². The van der Waals surface area contributed by atoms with Crippen LogP contribution in [0, 0.1) is 11.6 Å². The monoisotopic (exact) mass is 444 g/mol. The second-order valence-electron chi connectivity index (χ2n) is 6.22. The third kappa shape index (κ3) is 3.46. The molecule has 0 aliphatic heterocycles. The minimum atomic E-state index is -0.581. The van der Waals surface area contributed by atoms with Gasteiger partial charge < -0.3 is 22.1 Å². The second-order valence-corrected chi connectivity index (χ2v) is 8.52. The number of anilines is 4. The molecule has 0 aliphatic carbocycles. The van der Waals surface area contributed by atoms with Crippen LogP contribution in [0.25, 0.3) is 9.40 Å². The lowest BCUT2D eigenvalue weighted by atomic mass is 10.2. The molecule has 0 fully saturated rings. The highest BCUT2D eigenvalue weighted by Gasteiger charge is 2.25. The lowest BCUT2D eigenvalue weighted by Gasteiger charge is -2.06. The third-order valence-corrected chi connectivity index (χ3v) is 6.78. The first-order chi connectivity index (χ1) is 14.4. The highest BCUT2D eigenvalue weighted by Crippen LogP contribution is 2.45. The lowest BCUT2D eigenvalue weighted by molar-refractivity contribution is 0.102. The molecule has 30 heavy (non-hydrogen) atoms. The molecule has 152 valence electrons. The van der Waals surface area contributed by atoms with Gasteiger partial charge in [-0.1, -0.05) is 24.3 Å². The van der Waals surface area contributed by atoms with Gasteiger partial charge in [0.1, 0.15) is 21.4 Å². The number of nitrogen functional groups attached to an aromatic ring is 2. The molecular weight excluding hydrogens is 430 g/mol. The van der Waals surface area contributed by atoms with Crippen molar-refractivity contribution < 1.29 is 18.4 Å². The zero-order chi connectivity index (χ0) is 21.4. The molecule has 0 spiro atoms. The normalized spacial score (nSPS) is 10.9. The summed E-state index contributed by atoms with van der Waals surface area (Å²) < 4.78 is 28.1. The number of benzene rings is 2. The molecule has 0 atom stereocenters. The largest absolute Gasteiger partial charge is 0.397 e. The Labute approximate surface area is 177 Å². The van der Waals surface area contributed by atoms with Gasteiger partial charge in [0.05, 0.1) is 32.1 Å². The zero-order valence-electron chi connectivity index (χ0n) is 15.2. The maximum absolute atomic E-state index is 13.8. The van der Waals surface area contributed by atoms with Crippen molar-refractivity contribution in [2.24, 2.45) is 0 Å². The summed E-state index contributed by atoms with van der Waals surface area (Å²) in [4.78, 5) is 25.4. The highest BCUT2D eigenvalue weighted by molar-refractivity contribution is 7.40. The van der Waals surface area contributed by atoms with Crippen LogP contribution in [0.2, 0.25) is 0 Å². The van der Waals surface area contributed by atoms with Gasteiger partial charge in [-0.15, -0.1) is 22.7 Å². The fourth-order valence-corrected chi connectivity index (χ4v) is 5.22. The number of para-hydroxylation sites is 2. The Bertz CT molecular complexity index is 1200. The van der Waals surface area contributed by atoms with E-state index in [2.05, 4.69) is 10.6 Å². The minimum absolute atomic E-state index is 0.0246. The van der Waals surface area contributed by atoms with Crippen LogP contribution in [0.1, 0.15) is 19.3 Å². The van der Waals surface area contributed by atoms with Gasteiger partial charge in [0.25, 0.3) is 11.8 Å². The van der Waals surface area contributed by atoms with E-state index in [4.69, 9.17) is 11.5 Å². The number of thiophene rings is 2. The van der Waals surface area contributed by atoms with Gasteiger partial charge >= 0.3 is 0 Å². The third-order valence-electron chi connectivity index (χ3n) is 4.28. The van der Waals surface area contributed by atoms with Crippen molar-refractivity contribution in [1.82, 2.24) is 0 Å². The number of halogens is 2. The smallest absolute Gasteiger partial charge is 0.268 e. The van der Waals surface area contributed by atoms with E-state index >= 15 is 0 Å². The maximum atomic E-state index is 13.8. The second kappa shape index (κ2) is 7.73. The van der Waals surface area contributed by atoms with E-state index in [1.807, 2.05) is 0 Å². The summed E-state index contributed by atoms with van der Waals surface area (Å²) in [6, 6.07) is 11.5. The first-order valence-electron chi connectivity index (χ1n) is 8.58. The predicted octanol–water partition coefficient (Wildman–Crippen LogP) is 4.91. The Morgan fingerprint density at radius 3 is 1.50 bits per heavy atom. The molecule has 0 unspecified atom stereocenters. The van der Waals surface area contributed by atoms with Crippen LogP contribution in [0.5, 0.6) is 0 Å². The van der Waals surface area contributed by atoms with E-state index in [1.54, 1.807) is 12.1 Å². The average Bonchev–Trinajstić information content (AvgIpc) is 3.22. The number of amides is 2. The summed E-state index contributed by atoms with van der Waals surface area (Å²) in [6.07, 6.45) is 0. The molecule has 2 heterocycles. The SMILES string of the molecule is Nc1c(C(=O)Nc2ccccc2F)sc2sc(C(=O)Nc3ccccc3F)c(N)c12. The predicted molar refractivity (Wildman–Crippen MR) is 117 cm³/mol. The summed E-state index contributed by atoms with van der Waals surface area (Å²) in [5, 5.41) is 5.32. The molecule has 0 saturated heterocycles. The quantitative estimate of drug-likeness (QED) is 0.358. The molecular formula is C20H14F2N4O2S2. The first-order valence-corrected chi connectivity index (χ1v) is 10.2. The van der Waals surface area contributed by atoms with Gasteiger partial charge in [0.15, 0.2) is 0 Å². The van der Waals surface area contributed by atoms with Gasteiger partial charge in [-0.05, 0) is 24.3 Å². The molecule has 6 nitrogen and oxygen atoms in total. The maximum Gasteiger partial charge on any atom is 0.268 e. The number of hydrogen-bond acceptors (Lipinski definition) is 6. The molecule has 4 aromatic rings. The van der Waals surface area contributed by atoms with Crippen LogP contribution in [0.3, 0.4) is 0 Å². The summed E-state index contributed by atoms with van der Waals surface area (Å²) in [5.41, 5.74) is 12.5. The topological polar surface area (TPSA) is 110 Å². The van der Waals surface area contributed by atoms with E-state index in [0.717, 1.165) is 22.7 Å². The molecule has 6 N–H and O–H groups in total. The standard InChI is InChI=1S/C20H14F2N4O2S2/c21-9-5-1-3-7-11(9)25-18(27)16-14(23)13-15(24)17(30-20(13)29-16)19(28)26-12-8-4-2-6-10(12)22/h1-8H,23-24H2,(H,25,27)(H,26,28). The number of carbonyl (C=O) groups is 2. The van der Waals surface area contributed by atoms with Crippen LogP contribution < -0.4 is 22.1 Å². The van der Waals surface area contributed by atoms with Crippen molar-refractivity contribution in [2.75, 3.05) is 22.1 Å². The Morgan fingerprint density at radius 2 is 1.13 bits per heavy atom. The van der Waals surface area contributed by atoms with Crippen LogP contribution in [0.15, 0.2) is 48.5 Å². The van der Waals surface area contributed by atoms with Gasteiger partial charge in [-0.3, -0.25) is 9.59 Å². The summed E-state index contributed by atoms with van der Waals surface area (Å²) in [7, 11) is 0. The zero-order valence-corrected chi connectivity index (χ0v) is 16.8. The summed E-state index contributed by atoms with van der Waals surface area (Å²) in [6.45, 7) is 0. The number of hydrogen-bond donors (Lipinski definition) is 4. The van der Waals surface area contributed by atoms with Gasteiger partial charge in [-0.2, -0.15) is 0 Å². The highest BCUT2D eigenvalue weighted by atomic mass is 32.2. The lowest BCUT2D eigenvalue weighted by Crippen LogP contribution is -2.14. The molecule has 2 aromatic carbocycles. The molecule has 0 aliphatic rings. The van der Waals surface area contributed by atoms with Crippen molar-refractivity contribution in [2.45, 2.75) is 0 Å². The van der Waals surface area contributed by atoms with Crippen molar-refractivity contribution >= 4 is 66.6 Å². The Balaban J connectivity index is 1.63. The fraction of sp³-hybridized carbons (Fsp3) is 0. The Kier molecular flexibility index (Phi) is 5.10. The van der Waals surface area contributed by atoms with Crippen LogP contribution in [-0.4, -0.2) is 11.8 Å². The van der Waals surface area contributed by atoms with E-state index in [1.165, 1.54) is 36.4 Å². The number of nitrogens with two attached hydrogens (primary N) is 2. The van der Waals surface area contributed by atoms with Gasteiger partial charge in [-0.25, -0.2) is 8.78 Å². The van der Waals surface area contributed by atoms with Crippen LogP contribution in [0.4, 0.5) is 31.5 Å². The summed E-state index contributed by atoms with van der Waals surface area (Å²) in [5.74, 6) is -2.31. The molecule has 0 radical (unpaired) electrons. The molecule has 10 heteroatoms. The van der Waals surface area contributed by atoms with Crippen molar-refractivity contribution in [3.05, 3.63) is 69.9 Å². The molecule has 0 saturated carbocycles. The number of nitrogens with one attached hydrogen (secondary N) is 2. The first kappa shape index (κ1) is 19.8. The van der Waals surface area contributed by atoms with Crippen LogP contribution in [-0.2, 0) is 0 Å². The van der Waals surface area contributed by atoms with E-state index in [0.29, 0.717) is 9.40 Å². The molecule has 0 bridgehead atoms. The number of fused-ring (bicyclic) bond motifs is 1. The van der Waals surface area contributed by atoms with Crippen molar-refractivity contribution in [3.8, 4) is 0 Å².